The van der Waals surface area contributed by atoms with Gasteiger partial charge in [-0.2, -0.15) is 16.8 Å². The number of carboxylic acid groups (broad SMARTS) is 1. The van der Waals surface area contributed by atoms with Gasteiger partial charge in [-0.15, -0.1) is 0 Å². The summed E-state index contributed by atoms with van der Waals surface area (Å²) in [6, 6.07) is 12.4. The third kappa shape index (κ3) is 6.27. The highest BCUT2D eigenvalue weighted by atomic mass is 32.2. The van der Waals surface area contributed by atoms with Crippen molar-refractivity contribution in [2.24, 2.45) is 0 Å². The quantitative estimate of drug-likeness (QED) is 0.183. The molecule has 0 aliphatic carbocycles. The zero-order valence-electron chi connectivity index (χ0n) is 29.2. The van der Waals surface area contributed by atoms with Crippen LogP contribution in [0, 0.1) is 0 Å². The van der Waals surface area contributed by atoms with Gasteiger partial charge in [-0.3, -0.25) is 9.11 Å². The van der Waals surface area contributed by atoms with Crippen LogP contribution in [0.5, 0.6) is 11.5 Å². The molecule has 3 aromatic rings. The summed E-state index contributed by atoms with van der Waals surface area (Å²) >= 11 is 0. The Morgan fingerprint density at radius 3 is 2.04 bits per heavy atom. The minimum Gasteiger partial charge on any atom is -0.478 e. The van der Waals surface area contributed by atoms with Crippen molar-refractivity contribution in [1.82, 2.24) is 4.58 Å². The van der Waals surface area contributed by atoms with Gasteiger partial charge in [0.15, 0.2) is 5.54 Å². The molecule has 13 heteroatoms. The number of nitrogens with zero attached hydrogens (tertiary/aromatic N) is 2. The van der Waals surface area contributed by atoms with E-state index < -0.39 is 48.8 Å². The molecule has 0 saturated heterocycles. The van der Waals surface area contributed by atoms with Crippen LogP contribution in [0.1, 0.15) is 85.6 Å². The molecule has 0 fully saturated rings. The normalized spacial score (nSPS) is 17.6. The van der Waals surface area contributed by atoms with Crippen molar-refractivity contribution < 1.29 is 40.6 Å². The van der Waals surface area contributed by atoms with Gasteiger partial charge in [0.2, 0.25) is 5.36 Å². The first-order valence-corrected chi connectivity index (χ1v) is 19.3. The molecule has 6 rings (SSSR count). The molecule has 264 valence electrons. The first kappa shape index (κ1) is 35.5. The summed E-state index contributed by atoms with van der Waals surface area (Å²) in [6.07, 6.45) is 3.57. The van der Waals surface area contributed by atoms with E-state index in [4.69, 9.17) is 4.74 Å². The zero-order valence-corrected chi connectivity index (χ0v) is 30.8. The summed E-state index contributed by atoms with van der Waals surface area (Å²) in [5.41, 5.74) is 3.39. The van der Waals surface area contributed by atoms with Crippen LogP contribution in [-0.4, -0.2) is 73.7 Å². The summed E-state index contributed by atoms with van der Waals surface area (Å²) in [7, 11) is -5.12. The molecule has 0 aromatic heterocycles. The Hall–Kier alpha value is -4.30. The van der Waals surface area contributed by atoms with Gasteiger partial charge in [0.1, 0.15) is 30.1 Å². The van der Waals surface area contributed by atoms with Gasteiger partial charge >= 0.3 is 5.97 Å². The van der Waals surface area contributed by atoms with E-state index in [2.05, 4.69) is 0 Å². The van der Waals surface area contributed by atoms with Crippen LogP contribution in [0.15, 0.2) is 54.6 Å². The van der Waals surface area contributed by atoms with Crippen LogP contribution in [-0.2, 0) is 20.2 Å². The fourth-order valence-electron chi connectivity index (χ4n) is 7.09. The number of carbonyl (C=O) groups is 1. The fraction of sp³-hybridized carbons (Fsp3) is 0.351. The van der Waals surface area contributed by atoms with Crippen molar-refractivity contribution in [2.45, 2.75) is 58.5 Å². The van der Waals surface area contributed by atoms with E-state index in [0.29, 0.717) is 66.7 Å². The molecule has 50 heavy (non-hydrogen) atoms. The highest BCUT2D eigenvalue weighted by Crippen LogP contribution is 2.47. The largest absolute Gasteiger partial charge is 0.478 e. The number of benzene rings is 3. The second-order valence-electron chi connectivity index (χ2n) is 14.7. The van der Waals surface area contributed by atoms with E-state index in [0.717, 1.165) is 5.56 Å². The lowest BCUT2D eigenvalue weighted by Crippen LogP contribution is -2.47. The predicted octanol–water partition coefficient (Wildman–Crippen LogP) is 4.55. The second kappa shape index (κ2) is 11.6. The number of ether oxygens (including phenoxy) is 1. The minimum absolute atomic E-state index is 0.0411. The first-order chi connectivity index (χ1) is 23.0. The van der Waals surface area contributed by atoms with Crippen molar-refractivity contribution in [3.05, 3.63) is 98.6 Å². The van der Waals surface area contributed by atoms with Crippen LogP contribution in [0.3, 0.4) is 0 Å². The molecule has 3 N–H and O–H groups in total. The van der Waals surface area contributed by atoms with Gasteiger partial charge in [-0.25, -0.2) is 9.37 Å². The maximum atomic E-state index is 12.9. The lowest BCUT2D eigenvalue weighted by molar-refractivity contribution is 0.0696. The Labute approximate surface area is 292 Å². The second-order valence-corrected chi connectivity index (χ2v) is 17.6. The van der Waals surface area contributed by atoms with Gasteiger partial charge in [-0.1, -0.05) is 32.1 Å². The Balaban J connectivity index is 1.78. The van der Waals surface area contributed by atoms with Crippen molar-refractivity contribution in [3.8, 4) is 11.5 Å². The van der Waals surface area contributed by atoms with E-state index in [1.54, 1.807) is 48.6 Å². The molecule has 11 nitrogen and oxygen atoms in total. The summed E-state index contributed by atoms with van der Waals surface area (Å²) < 4.78 is 77.3. The van der Waals surface area contributed by atoms with E-state index in [1.165, 1.54) is 0 Å². The molecular formula is C37H41N2O9S2+. The Morgan fingerprint density at radius 2 is 1.46 bits per heavy atom. The van der Waals surface area contributed by atoms with Gasteiger partial charge in [0.05, 0.1) is 22.7 Å². The molecule has 0 saturated carbocycles. The van der Waals surface area contributed by atoms with E-state index in [9.17, 15) is 35.8 Å². The molecular weight excluding hydrogens is 681 g/mol. The van der Waals surface area contributed by atoms with Gasteiger partial charge < -0.3 is 14.7 Å². The standard InChI is InChI=1S/C37H40N2O9S2/c1-20(2)21-9-10-24(27(11-21)35(40)41)34-28-12-25-22(18-49(42,43)44)16-36(3,4)38(7)30(25)14-32(28)48-33-15-31-26(13-29(33)34)23(19-50(45,46)47)17-37(5,6)39(31)8/h9-17,20H,18-19H2,1-8H3,(H2-,40,41,42,43,44,45,46,47)/p+1. The number of anilines is 1. The maximum absolute atomic E-state index is 12.9. The molecule has 0 radical (unpaired) electrons. The molecule has 3 aromatic carbocycles. The number of fused-ring (bicyclic) bond motifs is 4. The van der Waals surface area contributed by atoms with Crippen LogP contribution < -0.4 is 24.8 Å². The maximum Gasteiger partial charge on any atom is 0.336 e. The number of hydrogen-bond donors (Lipinski definition) is 3. The number of hydrogen-bond acceptors (Lipinski definition) is 7. The highest BCUT2D eigenvalue weighted by Gasteiger charge is 2.37. The van der Waals surface area contributed by atoms with Crippen molar-refractivity contribution in [3.63, 3.8) is 0 Å². The van der Waals surface area contributed by atoms with Gasteiger partial charge in [0, 0.05) is 54.6 Å². The molecule has 3 aliphatic heterocycles. The van der Waals surface area contributed by atoms with E-state index in [-0.39, 0.29) is 11.5 Å². The SMILES string of the molecule is CC(C)c1ccc(C2=c3cc4c(cc3Oc3cc5c(cc32)C(CS(=O)(=O)O)=CC(C)(C)N5C)=[N+](C)C(C)(C)C=C4CS(=O)(=O)O)c(C(=O)O)c1. The lowest BCUT2D eigenvalue weighted by Gasteiger charge is -2.41. The molecule has 0 unspecified atom stereocenters. The van der Waals surface area contributed by atoms with Crippen LogP contribution in [0.4, 0.5) is 5.69 Å². The van der Waals surface area contributed by atoms with Crippen LogP contribution in [0.25, 0.3) is 16.7 Å². The molecule has 0 bridgehead atoms. The first-order valence-electron chi connectivity index (χ1n) is 16.1. The number of likely N-dealkylation sites (N-methyl/N-ethyl adjacent to an activating group) is 2. The van der Waals surface area contributed by atoms with Crippen molar-refractivity contribution in [1.29, 1.82) is 0 Å². The highest BCUT2D eigenvalue weighted by molar-refractivity contribution is 7.86. The summed E-state index contributed by atoms with van der Waals surface area (Å²) in [5.74, 6) is -1.57. The van der Waals surface area contributed by atoms with Crippen molar-refractivity contribution >= 4 is 48.6 Å². The number of aromatic carboxylic acids is 1. The van der Waals surface area contributed by atoms with E-state index in [1.807, 2.05) is 71.2 Å². The Bertz CT molecular complexity index is 2440. The third-order valence-electron chi connectivity index (χ3n) is 10.0. The molecule has 3 aliphatic rings. The van der Waals surface area contributed by atoms with Crippen LogP contribution >= 0.6 is 0 Å². The third-order valence-corrected chi connectivity index (χ3v) is 11.4. The Morgan fingerprint density at radius 1 is 0.840 bits per heavy atom. The smallest absolute Gasteiger partial charge is 0.336 e. The molecule has 0 spiro atoms. The summed E-state index contributed by atoms with van der Waals surface area (Å²) in [6.45, 7) is 11.6. The average Bonchev–Trinajstić information content (AvgIpc) is 2.98. The minimum atomic E-state index is -4.43. The van der Waals surface area contributed by atoms with Crippen LogP contribution in [0.2, 0.25) is 0 Å². The predicted molar refractivity (Wildman–Crippen MR) is 194 cm³/mol. The average molecular weight is 722 g/mol. The lowest BCUT2D eigenvalue weighted by atomic mass is 9.83. The zero-order chi connectivity index (χ0) is 36.9. The topological polar surface area (TPSA) is 162 Å². The molecule has 0 amide bonds. The van der Waals surface area contributed by atoms with Gasteiger partial charge in [0.25, 0.3) is 20.2 Å². The Kier molecular flexibility index (Phi) is 8.26. The van der Waals surface area contributed by atoms with Gasteiger partial charge in [-0.05, 0) is 66.3 Å². The number of carboxylic acids is 1. The number of rotatable bonds is 7. The summed E-state index contributed by atoms with van der Waals surface area (Å²) in [4.78, 5) is 14.9. The van der Waals surface area contributed by atoms with E-state index >= 15 is 0 Å². The molecule has 0 atom stereocenters. The summed E-state index contributed by atoms with van der Waals surface area (Å²) in [5, 5.41) is 11.7. The fourth-order valence-corrected chi connectivity index (χ4v) is 8.36. The molecule has 3 heterocycles. The monoisotopic (exact) mass is 721 g/mol. The van der Waals surface area contributed by atoms with Crippen molar-refractivity contribution in [2.75, 3.05) is 30.5 Å².